The number of hydrogen-bond donors (Lipinski definition) is 19. The second-order valence-corrected chi connectivity index (χ2v) is 24.7. The van der Waals surface area contributed by atoms with E-state index in [1.807, 2.05) is 0 Å². The van der Waals surface area contributed by atoms with Gasteiger partial charge >= 0.3 is 0 Å². The number of fused-ring (bicyclic) bond motifs is 2. The molecule has 3 aliphatic heterocycles. The van der Waals surface area contributed by atoms with Crippen molar-refractivity contribution in [2.75, 3.05) is 50.8 Å². The number of aliphatic hydroxyl groups excluding tert-OH is 1. The van der Waals surface area contributed by atoms with Crippen molar-refractivity contribution in [3.05, 3.63) is 29.8 Å². The van der Waals surface area contributed by atoms with Gasteiger partial charge in [-0.3, -0.25) is 71.9 Å². The van der Waals surface area contributed by atoms with Crippen LogP contribution in [0.4, 0.5) is 0 Å². The van der Waals surface area contributed by atoms with Gasteiger partial charge in [-0.25, -0.2) is 0 Å². The SMILES string of the molecule is CC[C@H](C)[C@H](N)C(=O)N[C@@H](CS)C(=O)N[C@H]1CCC(=O)NCCCC[C@@H](C(N)=O)NC(=O)[C@H](CO)NC(=O)[C@H](Cc2ccc(O)cc2)NC(=O)[C@H](CCCCN)NC(=O)[C@@H]2CCCN2C(=O)CNC(=O)[C@H](CS)NC(=O)[C@H](C)NC(=O)[C@@H]2CCCN2C(=O)[C@H](CC(N)=O)NC1=O. The van der Waals surface area contributed by atoms with E-state index in [4.69, 9.17) is 22.9 Å². The number of aromatic hydroxyl groups is 1. The first-order chi connectivity index (χ1) is 45.6. The number of primary amides is 2. The summed E-state index contributed by atoms with van der Waals surface area (Å²) in [4.78, 5) is 208. The van der Waals surface area contributed by atoms with E-state index in [-0.39, 0.29) is 101 Å². The number of amides is 15. The zero-order valence-corrected chi connectivity index (χ0v) is 56.0. The lowest BCUT2D eigenvalue weighted by Crippen LogP contribution is -2.60. The first-order valence-electron chi connectivity index (χ1n) is 32.1. The van der Waals surface area contributed by atoms with Crippen molar-refractivity contribution in [2.45, 2.75) is 190 Å². The zero-order valence-electron chi connectivity index (χ0n) is 54.2. The minimum Gasteiger partial charge on any atom is -0.508 e. The van der Waals surface area contributed by atoms with E-state index < -0.39 is 194 Å². The lowest BCUT2D eigenvalue weighted by molar-refractivity contribution is -0.143. The molecular weight excluding hydrogens is 1290 g/mol. The molecule has 3 fully saturated rings. The second kappa shape index (κ2) is 40.3. The van der Waals surface area contributed by atoms with Gasteiger partial charge in [0.2, 0.25) is 88.6 Å². The number of aliphatic hydroxyl groups is 1. The molecule has 3 heterocycles. The van der Waals surface area contributed by atoms with Crippen LogP contribution in [0.2, 0.25) is 0 Å². The third-order valence-corrected chi connectivity index (χ3v) is 17.4. The minimum atomic E-state index is -1.76. The number of nitrogens with two attached hydrogens (primary N) is 4. The fourth-order valence-corrected chi connectivity index (χ4v) is 11.3. The molecule has 1 aromatic carbocycles. The summed E-state index contributed by atoms with van der Waals surface area (Å²) in [6, 6.07) is -11.4. The smallest absolute Gasteiger partial charge is 0.246 e. The Morgan fingerprint density at radius 2 is 1.26 bits per heavy atom. The van der Waals surface area contributed by atoms with Crippen LogP contribution in [-0.4, -0.2) is 232 Å². The highest BCUT2D eigenvalue weighted by molar-refractivity contribution is 7.80. The molecule has 4 rings (SSSR count). The Kier molecular flexibility index (Phi) is 33.6. The first kappa shape index (κ1) is 80.1. The molecule has 0 aromatic heterocycles. The van der Waals surface area contributed by atoms with E-state index in [0.717, 1.165) is 4.90 Å². The number of phenolic OH excluding ortho intramolecular Hbond substituents is 1. The predicted octanol–water partition coefficient (Wildman–Crippen LogP) is -6.79. The highest BCUT2D eigenvalue weighted by atomic mass is 32.1. The number of thiol groups is 2. The molecule has 96 heavy (non-hydrogen) atoms. The number of unbranched alkanes of at least 4 members (excludes halogenated alkanes) is 1. The number of nitrogens with one attached hydrogen (secondary N) is 11. The summed E-state index contributed by atoms with van der Waals surface area (Å²) >= 11 is 8.42. The molecule has 0 unspecified atom stereocenters. The summed E-state index contributed by atoms with van der Waals surface area (Å²) in [6.07, 6.45) is 0.154. The maximum Gasteiger partial charge on any atom is 0.246 e. The predicted molar refractivity (Wildman–Crippen MR) is 352 cm³/mol. The Morgan fingerprint density at radius 1 is 0.667 bits per heavy atom. The van der Waals surface area contributed by atoms with Crippen molar-refractivity contribution < 1.29 is 82.1 Å². The van der Waals surface area contributed by atoms with Gasteiger partial charge in [0.15, 0.2) is 0 Å². The van der Waals surface area contributed by atoms with Gasteiger partial charge in [0.1, 0.15) is 72.2 Å². The van der Waals surface area contributed by atoms with Gasteiger partial charge in [0, 0.05) is 44.0 Å². The fraction of sp³-hybridized carbons (Fsp3) is 0.650. The molecule has 0 spiro atoms. The number of phenols is 1. The summed E-state index contributed by atoms with van der Waals surface area (Å²) in [5, 5.41) is 48.0. The molecule has 0 radical (unpaired) electrons. The van der Waals surface area contributed by atoms with Crippen molar-refractivity contribution in [1.29, 1.82) is 0 Å². The average Bonchev–Trinajstić information content (AvgIpc) is 1.66. The molecule has 0 saturated carbocycles. The molecule has 3 saturated heterocycles. The summed E-state index contributed by atoms with van der Waals surface area (Å²) in [6.45, 7) is 3.28. The molecule has 21 N–H and O–H groups in total. The molecule has 13 atom stereocenters. The van der Waals surface area contributed by atoms with Gasteiger partial charge in [-0.1, -0.05) is 32.4 Å². The van der Waals surface area contributed by atoms with Gasteiger partial charge < -0.3 is 101 Å². The van der Waals surface area contributed by atoms with Crippen LogP contribution in [0.3, 0.4) is 0 Å². The van der Waals surface area contributed by atoms with Crippen LogP contribution >= 0.6 is 25.3 Å². The maximum atomic E-state index is 14.4. The number of rotatable bonds is 18. The van der Waals surface area contributed by atoms with Crippen molar-refractivity contribution in [1.82, 2.24) is 68.3 Å². The number of carbonyl (C=O) groups is 15. The molecule has 34 nitrogen and oxygen atoms in total. The van der Waals surface area contributed by atoms with E-state index >= 15 is 0 Å². The lowest BCUT2D eigenvalue weighted by Gasteiger charge is -2.30. The first-order valence-corrected chi connectivity index (χ1v) is 33.4. The fourth-order valence-electron chi connectivity index (χ4n) is 10.8. The van der Waals surface area contributed by atoms with Crippen LogP contribution < -0.4 is 81.4 Å². The van der Waals surface area contributed by atoms with Crippen LogP contribution in [0.25, 0.3) is 0 Å². The van der Waals surface area contributed by atoms with Gasteiger partial charge in [0.25, 0.3) is 0 Å². The molecular formula is C60H95N17O17S2. The standard InChI is InChI=1S/C60H95N17O17S2/c1-4-31(2)48(63)59(93)75-42(30-96)56(90)69-37-19-20-46(81)65-22-8-6-11-35(49(64)83)68-55(89)40(28-78)73-54(88)38(25-33-15-17-34(79)18-16-33)71-52(86)36(12-5-7-21-61)70-58(92)43-13-9-23-76(43)47(82)27-66-51(85)41(29-95)74-50(84)32(3)67-57(91)44-14-10-24-77(44)60(94)39(26-45(62)80)72-53(37)87/h15-18,31-32,35-44,48,78-79,95-96H,4-14,19-30,61,63H2,1-3H3,(H2,62,80)(H2,64,83)(H,65,81)(H,66,85)(H,67,91)(H,68,89)(H,69,90)(H,70,92)(H,71,86)(H,72,87)(H,73,88)(H,74,84)(H,75,93)/t31-,32-,35-,36-,37-,38-,39-,40-,41-,42-,43-,44-,48-/m0/s1. The normalized spacial score (nSPS) is 26.1. The third-order valence-electron chi connectivity index (χ3n) is 16.7. The van der Waals surface area contributed by atoms with Crippen molar-refractivity contribution in [3.63, 3.8) is 0 Å². The largest absolute Gasteiger partial charge is 0.508 e. The second-order valence-electron chi connectivity index (χ2n) is 23.9. The van der Waals surface area contributed by atoms with E-state index in [9.17, 15) is 82.1 Å². The van der Waals surface area contributed by atoms with Crippen LogP contribution in [-0.2, 0) is 78.3 Å². The van der Waals surface area contributed by atoms with Gasteiger partial charge in [0.05, 0.1) is 25.6 Å². The maximum absolute atomic E-state index is 14.4. The van der Waals surface area contributed by atoms with E-state index in [1.54, 1.807) is 13.8 Å². The summed E-state index contributed by atoms with van der Waals surface area (Å²) in [5.41, 5.74) is 23.5. The average molecular weight is 1390 g/mol. The monoisotopic (exact) mass is 1390 g/mol. The molecule has 534 valence electrons. The molecule has 15 amide bonds. The molecule has 0 aliphatic carbocycles. The van der Waals surface area contributed by atoms with Crippen LogP contribution in [0, 0.1) is 5.92 Å². The van der Waals surface area contributed by atoms with Gasteiger partial charge in [-0.05, 0) is 108 Å². The quantitative estimate of drug-likeness (QED) is 0.0480. The van der Waals surface area contributed by atoms with E-state index in [1.165, 1.54) is 36.1 Å². The molecule has 3 aliphatic rings. The third kappa shape index (κ3) is 25.0. The van der Waals surface area contributed by atoms with Crippen molar-refractivity contribution in [3.8, 4) is 5.75 Å². The van der Waals surface area contributed by atoms with Gasteiger partial charge in [-0.2, -0.15) is 25.3 Å². The number of carbonyl (C=O) groups excluding carboxylic acids is 15. The van der Waals surface area contributed by atoms with E-state index in [0.29, 0.717) is 31.2 Å². The Labute approximate surface area is 566 Å². The zero-order chi connectivity index (χ0) is 71.3. The summed E-state index contributed by atoms with van der Waals surface area (Å²) < 4.78 is 0. The number of nitrogens with zero attached hydrogens (tertiary/aromatic N) is 2. The highest BCUT2D eigenvalue weighted by Gasteiger charge is 2.42. The van der Waals surface area contributed by atoms with E-state index in [2.05, 4.69) is 83.7 Å². The molecule has 36 heteroatoms. The van der Waals surface area contributed by atoms with Crippen molar-refractivity contribution in [2.24, 2.45) is 28.9 Å². The van der Waals surface area contributed by atoms with Gasteiger partial charge in [-0.15, -0.1) is 0 Å². The van der Waals surface area contributed by atoms with Crippen molar-refractivity contribution >= 4 is 114 Å². The summed E-state index contributed by atoms with van der Waals surface area (Å²) in [5.74, 6) is -14.5. The Bertz CT molecular complexity index is 2930. The molecule has 0 bridgehead atoms. The topological polar surface area (TPSA) is 539 Å². The Morgan fingerprint density at radius 3 is 1.88 bits per heavy atom. The van der Waals surface area contributed by atoms with Crippen LogP contribution in [0.1, 0.15) is 116 Å². The molecule has 1 aromatic rings. The number of benzene rings is 1. The Balaban J connectivity index is 1.68. The number of hydrogen-bond acceptors (Lipinski definition) is 21. The minimum absolute atomic E-state index is 0.00343. The lowest BCUT2D eigenvalue weighted by atomic mass is 9.99. The summed E-state index contributed by atoms with van der Waals surface area (Å²) in [7, 11) is 0. The van der Waals surface area contributed by atoms with Crippen LogP contribution in [0.15, 0.2) is 24.3 Å². The highest BCUT2D eigenvalue weighted by Crippen LogP contribution is 2.22. The Hall–Kier alpha value is -8.35. The van der Waals surface area contributed by atoms with Crippen LogP contribution in [0.5, 0.6) is 5.75 Å².